The van der Waals surface area contributed by atoms with E-state index in [-0.39, 0.29) is 24.4 Å². The second kappa shape index (κ2) is 33.7. The van der Waals surface area contributed by atoms with E-state index < -0.39 is 0 Å². The number of fused-ring (bicyclic) bond motifs is 5. The zero-order valence-corrected chi connectivity index (χ0v) is 40.1. The molecular formula is C50H66N4O7S2. The summed E-state index contributed by atoms with van der Waals surface area (Å²) in [6.07, 6.45) is 0.960. The number of esters is 1. The van der Waals surface area contributed by atoms with Crippen LogP contribution in [0.3, 0.4) is 0 Å². The Labute approximate surface area is 385 Å². The number of anilines is 2. The normalized spacial score (nSPS) is 13.1. The number of ether oxygens (including phenoxy) is 3. The number of thioether (sulfide) groups is 1. The molecule has 4 N–H and O–H groups in total. The quantitative estimate of drug-likeness (QED) is 0.0672. The molecule has 0 aliphatic carbocycles. The molecule has 0 saturated carbocycles. The number of rotatable bonds is 0. The Kier molecular flexibility index (Phi) is 29.5. The Bertz CT molecular complexity index is 1930. The molecule has 0 saturated heterocycles. The molecule has 13 heteroatoms. The summed E-state index contributed by atoms with van der Waals surface area (Å²) >= 11 is 6.53. The monoisotopic (exact) mass is 898 g/mol. The number of carbonyl (C=O) groups is 3. The number of thiocarbonyl (C=S) groups is 1. The molecule has 0 atom stereocenters. The zero-order chi connectivity index (χ0) is 46.8. The third-order valence-corrected chi connectivity index (χ3v) is 9.11. The lowest BCUT2D eigenvalue weighted by Crippen LogP contribution is -2.31. The van der Waals surface area contributed by atoms with Gasteiger partial charge in [-0.2, -0.15) is 5.48 Å². The van der Waals surface area contributed by atoms with Gasteiger partial charge in [-0.15, -0.1) is 11.8 Å². The number of carbonyl (C=O) groups excluding carboxylic acids is 3. The average molecular weight is 899 g/mol. The maximum Gasteiger partial charge on any atom is 0.349 e. The van der Waals surface area contributed by atoms with Crippen LogP contribution < -0.4 is 40.5 Å². The molecule has 5 aliphatic rings. The van der Waals surface area contributed by atoms with Crippen LogP contribution in [0, 0.1) is 0 Å². The predicted octanol–water partition coefficient (Wildman–Crippen LogP) is 11.7. The highest BCUT2D eigenvalue weighted by atomic mass is 32.2. The minimum atomic E-state index is -0.344. The second-order valence-electron chi connectivity index (χ2n) is 11.6. The van der Waals surface area contributed by atoms with Crippen molar-refractivity contribution in [1.29, 1.82) is 0 Å². The van der Waals surface area contributed by atoms with Gasteiger partial charge in [0.2, 0.25) is 5.91 Å². The van der Waals surface area contributed by atoms with Crippen LogP contribution in [0.4, 0.5) is 11.4 Å². The van der Waals surface area contributed by atoms with Gasteiger partial charge in [0, 0.05) is 22.6 Å². The van der Waals surface area contributed by atoms with Gasteiger partial charge in [-0.3, -0.25) is 9.59 Å². The fourth-order valence-corrected chi connectivity index (χ4v) is 6.28. The van der Waals surface area contributed by atoms with Gasteiger partial charge in [0.05, 0.1) is 23.7 Å². The van der Waals surface area contributed by atoms with Gasteiger partial charge in [0.1, 0.15) is 17.3 Å². The molecule has 0 bridgehead atoms. The van der Waals surface area contributed by atoms with Gasteiger partial charge < -0.3 is 35.0 Å². The van der Waals surface area contributed by atoms with Crippen molar-refractivity contribution in [3.63, 3.8) is 0 Å². The van der Waals surface area contributed by atoms with Gasteiger partial charge in [0.25, 0.3) is 5.91 Å². The molecule has 2 amide bonds. The number of amides is 2. The largest absolute Gasteiger partial charge is 0.484 e. The summed E-state index contributed by atoms with van der Waals surface area (Å²) in [6.45, 7) is 22.1. The summed E-state index contributed by atoms with van der Waals surface area (Å²) in [5.41, 5.74) is 7.92. The number of nitrogens with one attached hydrogen (secondary N) is 4. The van der Waals surface area contributed by atoms with Crippen LogP contribution in [0.5, 0.6) is 23.0 Å². The standard InChI is InChI=1S/C9H9NO.2C8H7NOS.C8H6O3.C7H7NO.5C2H6/c11-9-8-4-2-1-3-7(8)5-6-10-9;10-8-5-11-7-4-2-1-3-6(7)9-8;11-8-5-10-7-4-2-1-3-6(7)9-8;9-8-5-10-6-3-1-2-4-7(6)11-8;1-2-4-7-6(3-1)5-8-9-7;5*1-2/h1-4H,5-6H2,(H,10,11);1-4H,5H2,(H,9,10);1-4H,5H2,(H,9,11);1-4H,5H2;1-4,8H,5H2;5*1-2H3. The van der Waals surface area contributed by atoms with E-state index in [0.29, 0.717) is 23.9 Å². The van der Waals surface area contributed by atoms with Crippen LogP contribution in [-0.4, -0.2) is 48.3 Å². The Hall–Kier alpha value is -5.89. The second-order valence-corrected chi connectivity index (χ2v) is 13.1. The van der Waals surface area contributed by atoms with Gasteiger partial charge in [-0.1, -0.05) is 154 Å². The highest BCUT2D eigenvalue weighted by molar-refractivity contribution is 8.00. The fraction of sp³-hybridized carbons (Fsp3) is 0.320. The van der Waals surface area contributed by atoms with Gasteiger partial charge >= 0.3 is 5.97 Å². The molecule has 0 aromatic heterocycles. The van der Waals surface area contributed by atoms with Crippen LogP contribution in [-0.2, 0) is 22.6 Å². The fourth-order valence-electron chi connectivity index (χ4n) is 5.30. The van der Waals surface area contributed by atoms with Gasteiger partial charge in [-0.05, 0) is 60.5 Å². The first-order valence-corrected chi connectivity index (χ1v) is 23.1. The van der Waals surface area contributed by atoms with E-state index in [1.54, 1.807) is 30.0 Å². The van der Waals surface area contributed by atoms with Crippen LogP contribution in [0.15, 0.2) is 126 Å². The van der Waals surface area contributed by atoms with Crippen molar-refractivity contribution in [2.24, 2.45) is 0 Å². The van der Waals surface area contributed by atoms with Crippen molar-refractivity contribution in [1.82, 2.24) is 10.8 Å². The minimum Gasteiger partial charge on any atom is -0.484 e. The molecule has 10 rings (SSSR count). The van der Waals surface area contributed by atoms with E-state index in [2.05, 4.69) is 27.5 Å². The molecule has 0 spiro atoms. The summed E-state index contributed by atoms with van der Waals surface area (Å²) < 4.78 is 15.3. The first-order valence-electron chi connectivity index (χ1n) is 21.7. The molecule has 0 radical (unpaired) electrons. The van der Waals surface area contributed by atoms with Crippen molar-refractivity contribution in [3.8, 4) is 23.0 Å². The number of benzene rings is 5. The van der Waals surface area contributed by atoms with E-state index in [9.17, 15) is 14.4 Å². The van der Waals surface area contributed by atoms with E-state index in [1.807, 2.05) is 166 Å². The lowest BCUT2D eigenvalue weighted by Gasteiger charge is -2.18. The number of hydrogen-bond donors (Lipinski definition) is 4. The Balaban J connectivity index is 0.000000375. The molecule has 0 unspecified atom stereocenters. The van der Waals surface area contributed by atoms with E-state index in [4.69, 9.17) is 31.3 Å². The third kappa shape index (κ3) is 19.4. The molecule has 11 nitrogen and oxygen atoms in total. The number of para-hydroxylation sites is 6. The Morgan fingerprint density at radius 3 is 1.76 bits per heavy atom. The third-order valence-electron chi connectivity index (χ3n) is 7.82. The van der Waals surface area contributed by atoms with Crippen molar-refractivity contribution in [2.45, 2.75) is 87.1 Å². The van der Waals surface area contributed by atoms with Crippen molar-refractivity contribution < 1.29 is 33.4 Å². The molecule has 5 aliphatic heterocycles. The summed E-state index contributed by atoms with van der Waals surface area (Å²) in [7, 11) is 0. The number of hydroxylamine groups is 1. The predicted molar refractivity (Wildman–Crippen MR) is 265 cm³/mol. The first-order chi connectivity index (χ1) is 30.9. The van der Waals surface area contributed by atoms with E-state index in [1.165, 1.54) is 5.56 Å². The molecule has 340 valence electrons. The SMILES string of the molecule is CC.CC.CC.CC.CC.O=C1COc2ccccc2O1.O=C1CSc2ccccc2N1.O=C1NCCc2ccccc21.S=C1COc2ccccc2N1.c1ccc2c(c1)CNO2. The smallest absolute Gasteiger partial charge is 0.349 e. The van der Waals surface area contributed by atoms with Crippen molar-refractivity contribution >= 4 is 58.1 Å². The molecule has 0 fully saturated rings. The minimum absolute atomic E-state index is 0.0109. The van der Waals surface area contributed by atoms with Crippen LogP contribution in [0.1, 0.15) is 90.7 Å². The summed E-state index contributed by atoms with van der Waals surface area (Å²) in [5, 5.41) is 8.67. The lowest BCUT2D eigenvalue weighted by atomic mass is 10.0. The summed E-state index contributed by atoms with van der Waals surface area (Å²) in [5.74, 6) is 3.32. The van der Waals surface area contributed by atoms with Crippen molar-refractivity contribution in [2.75, 3.05) is 36.1 Å². The molecule has 5 aromatic carbocycles. The van der Waals surface area contributed by atoms with Crippen LogP contribution in [0.25, 0.3) is 0 Å². The highest BCUT2D eigenvalue weighted by Crippen LogP contribution is 2.31. The Morgan fingerprint density at radius 1 is 0.556 bits per heavy atom. The first kappa shape index (κ1) is 55.1. The molecule has 63 heavy (non-hydrogen) atoms. The average Bonchev–Trinajstić information content (AvgIpc) is 3.85. The topological polar surface area (TPSA) is 136 Å². The van der Waals surface area contributed by atoms with E-state index >= 15 is 0 Å². The maximum absolute atomic E-state index is 11.2. The molecular weight excluding hydrogens is 833 g/mol. The van der Waals surface area contributed by atoms with Crippen LogP contribution >= 0.6 is 24.0 Å². The summed E-state index contributed by atoms with van der Waals surface area (Å²) in [4.78, 5) is 39.7. The van der Waals surface area contributed by atoms with Crippen molar-refractivity contribution in [3.05, 3.63) is 138 Å². The maximum atomic E-state index is 11.2. The van der Waals surface area contributed by atoms with Crippen LogP contribution in [0.2, 0.25) is 0 Å². The van der Waals surface area contributed by atoms with Gasteiger partial charge in [-0.25, -0.2) is 4.79 Å². The molecule has 5 aromatic rings. The zero-order valence-electron chi connectivity index (χ0n) is 38.5. The number of hydrogen-bond acceptors (Lipinski definition) is 10. The van der Waals surface area contributed by atoms with E-state index in [0.717, 1.165) is 63.4 Å². The highest BCUT2D eigenvalue weighted by Gasteiger charge is 2.17. The van der Waals surface area contributed by atoms with Gasteiger partial charge in [0.15, 0.2) is 23.9 Å². The lowest BCUT2D eigenvalue weighted by molar-refractivity contribution is -0.138. The molecule has 5 heterocycles. The Morgan fingerprint density at radius 2 is 1.10 bits per heavy atom. The summed E-state index contributed by atoms with van der Waals surface area (Å²) in [6, 6.07) is 38.4.